The van der Waals surface area contributed by atoms with E-state index in [1.165, 1.54) is 0 Å². The first-order valence-electron chi connectivity index (χ1n) is 7.01. The van der Waals surface area contributed by atoms with Crippen LogP contribution < -0.4 is 0 Å². The topological polar surface area (TPSA) is 110 Å². The maximum atomic E-state index is 10.9. The molecule has 5 N–H and O–H groups in total. The summed E-state index contributed by atoms with van der Waals surface area (Å²) in [4.78, 5) is 0. The highest BCUT2D eigenvalue weighted by atomic mass is 16.6. The van der Waals surface area contributed by atoms with Crippen molar-refractivity contribution in [1.29, 1.82) is 0 Å². The molecule has 118 valence electrons. The van der Waals surface area contributed by atoms with E-state index in [0.717, 1.165) is 5.39 Å². The second-order valence-electron chi connectivity index (χ2n) is 5.50. The van der Waals surface area contributed by atoms with Crippen LogP contribution in [0.4, 0.5) is 0 Å². The maximum Gasteiger partial charge on any atom is 0.191 e. The van der Waals surface area contributed by atoms with Crippen LogP contribution in [0.5, 0.6) is 0 Å². The molecule has 0 spiro atoms. The van der Waals surface area contributed by atoms with Crippen LogP contribution in [-0.2, 0) is 10.3 Å². The van der Waals surface area contributed by atoms with Gasteiger partial charge in [0.1, 0.15) is 18.3 Å². The number of rotatable bonds is 2. The number of aliphatic hydroxyl groups is 5. The minimum atomic E-state index is -2.20. The Morgan fingerprint density at radius 2 is 1.68 bits per heavy atom. The molecular formula is C16H18O6. The van der Waals surface area contributed by atoms with Crippen LogP contribution in [0.15, 0.2) is 42.5 Å². The predicted octanol–water partition coefficient (Wildman–Crippen LogP) is -0.541. The molecule has 3 rings (SSSR count). The molecule has 0 bridgehead atoms. The molecule has 0 aromatic heterocycles. The zero-order valence-electron chi connectivity index (χ0n) is 11.7. The summed E-state index contributed by atoms with van der Waals surface area (Å²) < 4.78 is 5.08. The Hall–Kier alpha value is -1.54. The van der Waals surface area contributed by atoms with Gasteiger partial charge in [-0.2, -0.15) is 0 Å². The molecule has 6 nitrogen and oxygen atoms in total. The van der Waals surface area contributed by atoms with Crippen molar-refractivity contribution in [2.24, 2.45) is 0 Å². The van der Waals surface area contributed by atoms with E-state index in [-0.39, 0.29) is 5.56 Å². The summed E-state index contributed by atoms with van der Waals surface area (Å²) in [6, 6.07) is 12.2. The smallest absolute Gasteiger partial charge is 0.191 e. The Morgan fingerprint density at radius 3 is 2.41 bits per heavy atom. The summed E-state index contributed by atoms with van der Waals surface area (Å²) in [6.45, 7) is -0.582. The average molecular weight is 306 g/mol. The lowest BCUT2D eigenvalue weighted by Gasteiger charge is -2.46. The van der Waals surface area contributed by atoms with Gasteiger partial charge in [-0.3, -0.25) is 0 Å². The van der Waals surface area contributed by atoms with Gasteiger partial charge < -0.3 is 30.3 Å². The molecule has 0 radical (unpaired) electrons. The lowest BCUT2D eigenvalue weighted by atomic mass is 9.79. The molecule has 22 heavy (non-hydrogen) atoms. The molecule has 0 amide bonds. The first-order valence-corrected chi connectivity index (χ1v) is 7.01. The number of fused-ring (bicyclic) bond motifs is 1. The highest BCUT2D eigenvalue weighted by Gasteiger charge is 2.55. The predicted molar refractivity (Wildman–Crippen MR) is 77.8 cm³/mol. The molecule has 1 aliphatic rings. The van der Waals surface area contributed by atoms with Crippen molar-refractivity contribution in [3.05, 3.63) is 48.0 Å². The van der Waals surface area contributed by atoms with Gasteiger partial charge in [0, 0.05) is 0 Å². The summed E-state index contributed by atoms with van der Waals surface area (Å²) >= 11 is 0. The Balaban J connectivity index is 2.15. The third-order valence-corrected chi connectivity index (χ3v) is 4.24. The molecule has 1 aliphatic heterocycles. The van der Waals surface area contributed by atoms with Crippen LogP contribution in [0, 0.1) is 0 Å². The standard InChI is InChI=1S/C16H18O6/c17-8-12-13(18)14(19)16(21,15(20)22-12)11-7-3-5-9-4-1-2-6-10(9)11/h1-7,12-15,17-21H,8H2/t12-,13+,14+,15?,16-/m1/s1. The monoisotopic (exact) mass is 306 g/mol. The fraction of sp³-hybridized carbons (Fsp3) is 0.375. The number of aliphatic hydroxyl groups excluding tert-OH is 4. The molecule has 1 fully saturated rings. The lowest BCUT2D eigenvalue weighted by Crippen LogP contribution is -2.64. The Bertz CT molecular complexity index is 669. The van der Waals surface area contributed by atoms with E-state index < -0.39 is 36.8 Å². The quantitative estimate of drug-likeness (QED) is 0.510. The van der Waals surface area contributed by atoms with Crippen LogP contribution in [0.25, 0.3) is 10.8 Å². The first-order chi connectivity index (χ1) is 10.5. The zero-order valence-corrected chi connectivity index (χ0v) is 11.7. The third-order valence-electron chi connectivity index (χ3n) is 4.24. The van der Waals surface area contributed by atoms with E-state index in [0.29, 0.717) is 5.39 Å². The van der Waals surface area contributed by atoms with Gasteiger partial charge in [0.05, 0.1) is 6.61 Å². The molecular weight excluding hydrogens is 288 g/mol. The Kier molecular flexibility index (Phi) is 3.90. The fourth-order valence-corrected chi connectivity index (χ4v) is 2.98. The largest absolute Gasteiger partial charge is 0.394 e. The summed E-state index contributed by atoms with van der Waals surface area (Å²) in [7, 11) is 0. The second-order valence-corrected chi connectivity index (χ2v) is 5.50. The van der Waals surface area contributed by atoms with Gasteiger partial charge in [0.2, 0.25) is 0 Å². The summed E-state index contributed by atoms with van der Waals surface area (Å²) in [6.07, 6.45) is -6.19. The zero-order chi connectivity index (χ0) is 15.9. The first kappa shape index (κ1) is 15.4. The van der Waals surface area contributed by atoms with Crippen molar-refractivity contribution in [2.45, 2.75) is 30.2 Å². The van der Waals surface area contributed by atoms with Crippen LogP contribution >= 0.6 is 0 Å². The number of benzene rings is 2. The maximum absolute atomic E-state index is 10.9. The number of ether oxygens (including phenoxy) is 1. The van der Waals surface area contributed by atoms with E-state index >= 15 is 0 Å². The molecule has 6 heteroatoms. The average Bonchev–Trinajstić information content (AvgIpc) is 2.55. The summed E-state index contributed by atoms with van der Waals surface area (Å²) in [5, 5.41) is 52.0. The fourth-order valence-electron chi connectivity index (χ4n) is 2.98. The van der Waals surface area contributed by atoms with E-state index in [2.05, 4.69) is 0 Å². The normalized spacial score (nSPS) is 35.7. The van der Waals surface area contributed by atoms with Crippen molar-refractivity contribution in [1.82, 2.24) is 0 Å². The molecule has 2 aromatic rings. The Labute approximate surface area is 126 Å². The third kappa shape index (κ3) is 2.13. The van der Waals surface area contributed by atoms with Gasteiger partial charge in [0.15, 0.2) is 11.9 Å². The molecule has 0 aliphatic carbocycles. The van der Waals surface area contributed by atoms with Gasteiger partial charge in [-0.1, -0.05) is 42.5 Å². The molecule has 2 aromatic carbocycles. The van der Waals surface area contributed by atoms with Gasteiger partial charge in [0.25, 0.3) is 0 Å². The highest BCUT2D eigenvalue weighted by Crippen LogP contribution is 2.40. The van der Waals surface area contributed by atoms with Crippen molar-refractivity contribution >= 4 is 10.8 Å². The van der Waals surface area contributed by atoms with Crippen LogP contribution in [0.3, 0.4) is 0 Å². The minimum absolute atomic E-state index is 0.251. The van der Waals surface area contributed by atoms with Gasteiger partial charge in [-0.05, 0) is 16.3 Å². The van der Waals surface area contributed by atoms with Crippen molar-refractivity contribution in [2.75, 3.05) is 6.61 Å². The molecule has 1 unspecified atom stereocenters. The van der Waals surface area contributed by atoms with Gasteiger partial charge >= 0.3 is 0 Å². The lowest BCUT2D eigenvalue weighted by molar-refractivity contribution is -0.334. The summed E-state index contributed by atoms with van der Waals surface area (Å²) in [5.41, 5.74) is -1.95. The van der Waals surface area contributed by atoms with Gasteiger partial charge in [-0.15, -0.1) is 0 Å². The molecule has 1 saturated heterocycles. The van der Waals surface area contributed by atoms with Crippen molar-refractivity contribution in [3.8, 4) is 0 Å². The number of hydrogen-bond donors (Lipinski definition) is 5. The van der Waals surface area contributed by atoms with Crippen LogP contribution in [-0.4, -0.2) is 56.7 Å². The summed E-state index contributed by atoms with van der Waals surface area (Å²) in [5.74, 6) is 0. The second kappa shape index (κ2) is 5.58. The molecule has 5 atom stereocenters. The van der Waals surface area contributed by atoms with Crippen molar-refractivity contribution in [3.63, 3.8) is 0 Å². The molecule has 1 heterocycles. The van der Waals surface area contributed by atoms with Crippen molar-refractivity contribution < 1.29 is 30.3 Å². The highest BCUT2D eigenvalue weighted by molar-refractivity contribution is 5.86. The van der Waals surface area contributed by atoms with E-state index in [1.807, 2.05) is 18.2 Å². The van der Waals surface area contributed by atoms with E-state index in [4.69, 9.17) is 9.84 Å². The van der Waals surface area contributed by atoms with Crippen LogP contribution in [0.2, 0.25) is 0 Å². The minimum Gasteiger partial charge on any atom is -0.394 e. The SMILES string of the molecule is OC[C@H]1OC(O)[C@@](O)(c2cccc3ccccc23)[C@@H](O)[C@H]1O. The number of hydrogen-bond acceptors (Lipinski definition) is 6. The van der Waals surface area contributed by atoms with E-state index in [1.54, 1.807) is 24.3 Å². The van der Waals surface area contributed by atoms with Crippen LogP contribution in [0.1, 0.15) is 5.56 Å². The Morgan fingerprint density at radius 1 is 1.00 bits per heavy atom. The van der Waals surface area contributed by atoms with Gasteiger partial charge in [-0.25, -0.2) is 0 Å². The van der Waals surface area contributed by atoms with E-state index in [9.17, 15) is 20.4 Å². The molecule has 0 saturated carbocycles.